The van der Waals surface area contributed by atoms with Crippen molar-refractivity contribution in [3.63, 3.8) is 0 Å². The molecule has 4 saturated carbocycles. The molecule has 15 heteroatoms. The van der Waals surface area contributed by atoms with Gasteiger partial charge in [-0.15, -0.1) is 0 Å². The molecule has 6 aromatic carbocycles. The van der Waals surface area contributed by atoms with E-state index in [1.807, 2.05) is 48.5 Å². The van der Waals surface area contributed by atoms with Gasteiger partial charge in [0.2, 0.25) is 0 Å². The highest BCUT2D eigenvalue weighted by Crippen LogP contribution is 2.69. The number of carboxylic acids is 5. The molecule has 4 fully saturated rings. The van der Waals surface area contributed by atoms with Crippen molar-refractivity contribution in [3.8, 4) is 23.0 Å². The fourth-order valence-electron chi connectivity index (χ4n) is 16.3. The Bertz CT molecular complexity index is 3650. The number of benzene rings is 6. The molecule has 4 aliphatic carbocycles. The normalized spacial score (nSPS) is 23.0. The van der Waals surface area contributed by atoms with Crippen LogP contribution in [0.4, 0.5) is 0 Å². The van der Waals surface area contributed by atoms with E-state index in [0.29, 0.717) is 39.2 Å². The molecule has 0 aromatic heterocycles. The molecule has 14 nitrogen and oxygen atoms in total. The molecule has 4 aliphatic rings. The summed E-state index contributed by atoms with van der Waals surface area (Å²) in [5.74, 6) is 0.649. The van der Waals surface area contributed by atoms with Crippen LogP contribution in [0.1, 0.15) is 210 Å². The number of fused-ring (bicyclic) bond motifs is 5. The maximum absolute atomic E-state index is 13.2. The Hall–Kier alpha value is -8.10. The smallest absolute Gasteiger partial charge is 0.339 e. The lowest BCUT2D eigenvalue weighted by Crippen LogP contribution is -2.53. The average Bonchev–Trinajstić information content (AvgIpc) is 1.71. The Kier molecular flexibility index (Phi) is 20.7. The molecule has 6 aromatic rings. The Labute approximate surface area is 538 Å². The second kappa shape index (κ2) is 28.6. The minimum absolute atomic E-state index is 0.0156. The second-order valence-corrected chi connectivity index (χ2v) is 27.5. The van der Waals surface area contributed by atoms with Gasteiger partial charge in [0.15, 0.2) is 5.75 Å². The van der Waals surface area contributed by atoms with E-state index in [9.17, 15) is 49.5 Å². The van der Waals surface area contributed by atoms with Gasteiger partial charge in [0.05, 0.1) is 16.1 Å². The molecule has 0 heterocycles. The number of hydrogen-bond acceptors (Lipinski definition) is 9. The molecular weight excluding hydrogens is 1170 g/mol. The zero-order valence-electron chi connectivity index (χ0n) is 52.8. The standard InChI is InChI=1S/C76H85ClO14/c1-45(2)8-6-9-46(3)63-30-31-64-59-29-24-56-36-47(32-34-75(56,4)65(59)33-35-76(63,64)5)10-7-11-58(52-20-25-57(26-21-52)88-41-48-12-14-49(15-13-48)42-89-67-39-53(70(78)79)22-27-60(67)72(82)83)55-37-62(74(86)87)69(66(77)38-55)91-44-51-18-16-50(17-19-51)43-90-68-40-54(71(80)81)23-28-61(68)73(84)85/h11-23,25-28,37-40,45-47,56,59,63-65H,6-10,24,29-36,41-44H2,1-5H3,(H,78,79)(H,80,81)(H,82,83)(H,84,85)(H,86,87)/b58-11-/t46?,47-,56?,59-,63+,64-,65-,75-,76+/m0/s1. The molecule has 480 valence electrons. The summed E-state index contributed by atoms with van der Waals surface area (Å²) >= 11 is 7.07. The van der Waals surface area contributed by atoms with Crippen molar-refractivity contribution < 1.29 is 68.5 Å². The first kappa shape index (κ1) is 65.8. The predicted molar refractivity (Wildman–Crippen MR) is 349 cm³/mol. The summed E-state index contributed by atoms with van der Waals surface area (Å²) in [6, 6.07) is 32.8. The summed E-state index contributed by atoms with van der Waals surface area (Å²) in [4.78, 5) is 59.9. The van der Waals surface area contributed by atoms with Crippen LogP contribution in [0.5, 0.6) is 23.0 Å². The molecule has 0 radical (unpaired) electrons. The predicted octanol–water partition coefficient (Wildman–Crippen LogP) is 18.1. The number of ether oxygens (including phenoxy) is 4. The molecule has 10 rings (SSSR count). The van der Waals surface area contributed by atoms with E-state index in [1.54, 1.807) is 36.4 Å². The molecule has 0 aliphatic heterocycles. The Morgan fingerprint density at radius 2 is 1.04 bits per heavy atom. The summed E-state index contributed by atoms with van der Waals surface area (Å²) < 4.78 is 24.0. The van der Waals surface area contributed by atoms with Crippen LogP contribution in [0.25, 0.3) is 5.57 Å². The van der Waals surface area contributed by atoms with Gasteiger partial charge in [-0.2, -0.15) is 0 Å². The first-order valence-corrected chi connectivity index (χ1v) is 32.7. The highest BCUT2D eigenvalue weighted by molar-refractivity contribution is 6.33. The van der Waals surface area contributed by atoms with E-state index in [2.05, 4.69) is 40.7 Å². The topological polar surface area (TPSA) is 223 Å². The van der Waals surface area contributed by atoms with Gasteiger partial charge in [0, 0.05) is 0 Å². The number of carboxylic acid groups (broad SMARTS) is 5. The van der Waals surface area contributed by atoms with Gasteiger partial charge in [-0.25, -0.2) is 24.0 Å². The first-order valence-electron chi connectivity index (χ1n) is 32.3. The first-order chi connectivity index (χ1) is 43.6. The minimum Gasteiger partial charge on any atom is -0.489 e. The molecule has 0 saturated heterocycles. The van der Waals surface area contributed by atoms with Gasteiger partial charge in [-0.1, -0.05) is 132 Å². The Balaban J connectivity index is 0.825. The highest BCUT2D eigenvalue weighted by atomic mass is 35.5. The fraction of sp³-hybridized carbons (Fsp3) is 0.434. The zero-order valence-corrected chi connectivity index (χ0v) is 53.5. The molecule has 2 unspecified atom stereocenters. The lowest BCUT2D eigenvalue weighted by Gasteiger charge is -2.61. The van der Waals surface area contributed by atoms with E-state index >= 15 is 0 Å². The van der Waals surface area contributed by atoms with Crippen molar-refractivity contribution in [2.24, 2.45) is 58.2 Å². The van der Waals surface area contributed by atoms with Crippen molar-refractivity contribution in [1.29, 1.82) is 0 Å². The molecular formula is C76H85ClO14. The molecule has 0 bridgehead atoms. The molecule has 0 amide bonds. The quantitative estimate of drug-likeness (QED) is 0.0324. The van der Waals surface area contributed by atoms with Crippen molar-refractivity contribution >= 4 is 47.0 Å². The summed E-state index contributed by atoms with van der Waals surface area (Å²) in [6.07, 6.45) is 20.1. The van der Waals surface area contributed by atoms with Crippen LogP contribution < -0.4 is 18.9 Å². The minimum atomic E-state index is -1.25. The number of aromatic carboxylic acids is 5. The molecule has 9 atom stereocenters. The van der Waals surface area contributed by atoms with Crippen LogP contribution in [0, 0.1) is 58.2 Å². The summed E-state index contributed by atoms with van der Waals surface area (Å²) in [5, 5.41) is 49.0. The summed E-state index contributed by atoms with van der Waals surface area (Å²) in [7, 11) is 0. The number of rotatable bonds is 27. The third kappa shape index (κ3) is 15.1. The van der Waals surface area contributed by atoms with Crippen molar-refractivity contribution in [3.05, 3.63) is 194 Å². The van der Waals surface area contributed by atoms with Gasteiger partial charge in [0.25, 0.3) is 0 Å². The molecule has 0 spiro atoms. The highest BCUT2D eigenvalue weighted by Gasteiger charge is 2.60. The third-order valence-corrected chi connectivity index (χ3v) is 21.5. The second-order valence-electron chi connectivity index (χ2n) is 27.1. The Morgan fingerprint density at radius 1 is 0.527 bits per heavy atom. The van der Waals surface area contributed by atoms with Gasteiger partial charge in [-0.3, -0.25) is 0 Å². The average molecular weight is 1260 g/mol. The zero-order chi connectivity index (χ0) is 64.7. The van der Waals surface area contributed by atoms with E-state index < -0.39 is 29.8 Å². The lowest BCUT2D eigenvalue weighted by molar-refractivity contribution is -0.121. The van der Waals surface area contributed by atoms with Gasteiger partial charge >= 0.3 is 29.8 Å². The van der Waals surface area contributed by atoms with Crippen LogP contribution >= 0.6 is 11.6 Å². The number of halogens is 1. The number of allylic oxidation sites excluding steroid dienone is 1. The summed E-state index contributed by atoms with van der Waals surface area (Å²) in [6.45, 7) is 12.8. The van der Waals surface area contributed by atoms with Crippen molar-refractivity contribution in [2.75, 3.05) is 0 Å². The SMILES string of the molecule is CC(C)CCCC(C)[C@H]1CC[C@H]2[C@@H]3CCC4C[C@@H](CC/C=C(/c5ccc(OCc6ccc(COc7cc(C(=O)O)ccc7C(=O)O)cc6)cc5)c5cc(Cl)c(OCc6ccc(COc7cc(C(=O)O)ccc7C(=O)O)cc6)c(C(=O)O)c5)CC[C@]4(C)[C@H]3CC[C@]12C. The molecule has 5 N–H and O–H groups in total. The lowest BCUT2D eigenvalue weighted by atomic mass is 9.44. The maximum atomic E-state index is 13.2. The number of hydrogen-bond donors (Lipinski definition) is 5. The van der Waals surface area contributed by atoms with E-state index in [0.717, 1.165) is 76.5 Å². The van der Waals surface area contributed by atoms with Crippen LogP contribution in [-0.4, -0.2) is 55.4 Å². The van der Waals surface area contributed by atoms with Gasteiger partial charge in [0.1, 0.15) is 60.4 Å². The van der Waals surface area contributed by atoms with Gasteiger partial charge in [-0.05, 0) is 228 Å². The number of carbonyl (C=O) groups is 5. The largest absolute Gasteiger partial charge is 0.489 e. The monoisotopic (exact) mass is 1260 g/mol. The maximum Gasteiger partial charge on any atom is 0.339 e. The van der Waals surface area contributed by atoms with E-state index in [1.165, 1.54) is 113 Å². The van der Waals surface area contributed by atoms with E-state index in [-0.39, 0.29) is 76.5 Å². The van der Waals surface area contributed by atoms with Crippen molar-refractivity contribution in [2.45, 2.75) is 151 Å². The van der Waals surface area contributed by atoms with E-state index in [4.69, 9.17) is 30.5 Å². The summed E-state index contributed by atoms with van der Waals surface area (Å²) in [5.41, 5.74) is 5.55. The Morgan fingerprint density at radius 3 is 1.58 bits per heavy atom. The van der Waals surface area contributed by atoms with Crippen LogP contribution in [0.15, 0.2) is 127 Å². The van der Waals surface area contributed by atoms with Crippen LogP contribution in [-0.2, 0) is 26.4 Å². The van der Waals surface area contributed by atoms with Crippen molar-refractivity contribution in [1.82, 2.24) is 0 Å². The third-order valence-electron chi connectivity index (χ3n) is 21.2. The fourth-order valence-corrected chi connectivity index (χ4v) is 16.6. The van der Waals surface area contributed by atoms with Crippen LogP contribution in [0.2, 0.25) is 5.02 Å². The van der Waals surface area contributed by atoms with Crippen LogP contribution in [0.3, 0.4) is 0 Å². The van der Waals surface area contributed by atoms with Gasteiger partial charge < -0.3 is 44.5 Å². The molecule has 91 heavy (non-hydrogen) atoms.